The van der Waals surface area contributed by atoms with Crippen LogP contribution in [0.25, 0.3) is 11.3 Å². The summed E-state index contributed by atoms with van der Waals surface area (Å²) in [5.41, 5.74) is 5.67. The highest BCUT2D eigenvalue weighted by Crippen LogP contribution is 2.42. The summed E-state index contributed by atoms with van der Waals surface area (Å²) in [6, 6.07) is 10.5. The highest BCUT2D eigenvalue weighted by molar-refractivity contribution is 7.07. The first-order valence-electron chi connectivity index (χ1n) is 10.1. The van der Waals surface area contributed by atoms with E-state index in [2.05, 4.69) is 60.8 Å². The molecule has 2 bridgehead atoms. The van der Waals surface area contributed by atoms with Gasteiger partial charge >= 0.3 is 0 Å². The minimum absolute atomic E-state index is 0.524. The maximum Gasteiger partial charge on any atom is 0.211 e. The highest BCUT2D eigenvalue weighted by atomic mass is 32.1. The number of pyridine rings is 1. The molecular weight excluding hydrogens is 376 g/mol. The molecule has 2 aliphatic rings. The first-order valence-corrected chi connectivity index (χ1v) is 11.0. The Hall–Kier alpha value is -2.79. The Morgan fingerprint density at radius 2 is 2.07 bits per heavy atom. The molecule has 0 saturated heterocycles. The van der Waals surface area contributed by atoms with Crippen molar-refractivity contribution in [2.24, 2.45) is 27.8 Å². The van der Waals surface area contributed by atoms with Crippen molar-refractivity contribution in [2.75, 3.05) is 0 Å². The summed E-state index contributed by atoms with van der Waals surface area (Å²) in [5.74, 6) is 1.91. The molecule has 0 amide bonds. The number of hydrogen-bond acceptors (Lipinski definition) is 4. The molecule has 2 aromatic heterocycles. The number of rotatable bonds is 4. The lowest BCUT2D eigenvalue weighted by Gasteiger charge is -2.13. The standard InChI is InChI=1S/C24H24N4S/c1-16-5-7-20(10-17(16)2)23-15-29-24(27-22-4-3-9-25-14-22)28(23)26-13-21-12-18-6-8-19(21)11-18/h3-10,13-15,18-19,21H,11-12H2,1-2H3. The second-order valence-corrected chi connectivity index (χ2v) is 8.88. The van der Waals surface area contributed by atoms with Crippen molar-refractivity contribution in [3.05, 3.63) is 76.2 Å². The Morgan fingerprint density at radius 1 is 1.14 bits per heavy atom. The molecule has 0 radical (unpaired) electrons. The molecule has 29 heavy (non-hydrogen) atoms. The zero-order valence-corrected chi connectivity index (χ0v) is 17.5. The van der Waals surface area contributed by atoms with Crippen LogP contribution in [0.1, 0.15) is 24.0 Å². The highest BCUT2D eigenvalue weighted by Gasteiger charge is 2.34. The zero-order valence-electron chi connectivity index (χ0n) is 16.7. The number of aryl methyl sites for hydroxylation is 2. The van der Waals surface area contributed by atoms with Gasteiger partial charge in [0.15, 0.2) is 0 Å². The number of allylic oxidation sites excluding steroid dienone is 2. The molecule has 3 unspecified atom stereocenters. The van der Waals surface area contributed by atoms with Crippen molar-refractivity contribution in [3.8, 4) is 11.3 Å². The minimum atomic E-state index is 0.524. The molecular formula is C24H24N4S. The smallest absolute Gasteiger partial charge is 0.211 e. The van der Waals surface area contributed by atoms with Gasteiger partial charge in [0.25, 0.3) is 0 Å². The maximum atomic E-state index is 4.95. The van der Waals surface area contributed by atoms with E-state index in [1.165, 1.54) is 29.5 Å². The average Bonchev–Trinajstić information content (AvgIpc) is 3.45. The molecule has 2 heterocycles. The monoisotopic (exact) mass is 400 g/mol. The summed E-state index contributed by atoms with van der Waals surface area (Å²) in [6.07, 6.45) is 12.9. The molecule has 1 saturated carbocycles. The van der Waals surface area contributed by atoms with Crippen LogP contribution in [0, 0.1) is 31.6 Å². The molecule has 1 aromatic carbocycles. The van der Waals surface area contributed by atoms with Crippen molar-refractivity contribution >= 4 is 23.2 Å². The Balaban J connectivity index is 1.59. The lowest BCUT2D eigenvalue weighted by Crippen LogP contribution is -2.15. The molecule has 0 aliphatic heterocycles. The van der Waals surface area contributed by atoms with E-state index in [1.54, 1.807) is 23.7 Å². The lowest BCUT2D eigenvalue weighted by molar-refractivity contribution is 0.590. The predicted octanol–water partition coefficient (Wildman–Crippen LogP) is 5.51. The minimum Gasteiger partial charge on any atom is -0.262 e. The van der Waals surface area contributed by atoms with E-state index >= 15 is 0 Å². The van der Waals surface area contributed by atoms with Gasteiger partial charge in [0.1, 0.15) is 0 Å². The van der Waals surface area contributed by atoms with E-state index in [0.29, 0.717) is 11.8 Å². The van der Waals surface area contributed by atoms with Gasteiger partial charge in [-0.25, -0.2) is 9.67 Å². The van der Waals surface area contributed by atoms with Crippen LogP contribution < -0.4 is 4.80 Å². The molecule has 2 aliphatic carbocycles. The fourth-order valence-electron chi connectivity index (χ4n) is 4.27. The quantitative estimate of drug-likeness (QED) is 0.421. The molecule has 5 rings (SSSR count). The van der Waals surface area contributed by atoms with Gasteiger partial charge in [0, 0.05) is 29.3 Å². The number of benzene rings is 1. The van der Waals surface area contributed by atoms with Gasteiger partial charge in [-0.15, -0.1) is 11.3 Å². The normalized spacial score (nSPS) is 23.5. The Morgan fingerprint density at radius 3 is 2.79 bits per heavy atom. The van der Waals surface area contributed by atoms with E-state index < -0.39 is 0 Å². The molecule has 0 N–H and O–H groups in total. The van der Waals surface area contributed by atoms with Crippen LogP contribution in [0.15, 0.2) is 70.4 Å². The molecule has 3 atom stereocenters. The second kappa shape index (κ2) is 7.56. The van der Waals surface area contributed by atoms with Crippen LogP contribution in [0.4, 0.5) is 5.69 Å². The lowest BCUT2D eigenvalue weighted by atomic mass is 9.95. The largest absolute Gasteiger partial charge is 0.262 e. The molecule has 4 nitrogen and oxygen atoms in total. The molecule has 5 heteroatoms. The van der Waals surface area contributed by atoms with Crippen molar-refractivity contribution in [3.63, 3.8) is 0 Å². The van der Waals surface area contributed by atoms with Gasteiger partial charge in [-0.1, -0.05) is 24.3 Å². The van der Waals surface area contributed by atoms with E-state index in [4.69, 9.17) is 10.1 Å². The van der Waals surface area contributed by atoms with Gasteiger partial charge in [0.2, 0.25) is 4.80 Å². The molecule has 0 spiro atoms. The number of thiazole rings is 1. The number of aromatic nitrogens is 2. The average molecular weight is 401 g/mol. The van der Waals surface area contributed by atoms with Crippen molar-refractivity contribution in [1.29, 1.82) is 0 Å². The van der Waals surface area contributed by atoms with Gasteiger partial charge in [-0.3, -0.25) is 4.98 Å². The summed E-state index contributed by atoms with van der Waals surface area (Å²) >= 11 is 1.61. The van der Waals surface area contributed by atoms with E-state index in [1.807, 2.05) is 16.8 Å². The van der Waals surface area contributed by atoms with E-state index in [9.17, 15) is 0 Å². The summed E-state index contributed by atoms with van der Waals surface area (Å²) in [4.78, 5) is 9.86. The topological polar surface area (TPSA) is 42.5 Å². The Bertz CT molecular complexity index is 1150. The van der Waals surface area contributed by atoms with Crippen molar-refractivity contribution in [1.82, 2.24) is 9.66 Å². The van der Waals surface area contributed by atoms with Crippen LogP contribution in [0.2, 0.25) is 0 Å². The van der Waals surface area contributed by atoms with Gasteiger partial charge in [0.05, 0.1) is 17.6 Å². The predicted molar refractivity (Wildman–Crippen MR) is 119 cm³/mol. The third kappa shape index (κ3) is 3.62. The summed E-state index contributed by atoms with van der Waals surface area (Å²) in [5, 5.41) is 7.10. The summed E-state index contributed by atoms with van der Waals surface area (Å²) in [7, 11) is 0. The number of fused-ring (bicyclic) bond motifs is 2. The zero-order chi connectivity index (χ0) is 19.8. The fraction of sp³-hybridized carbons (Fsp3) is 0.292. The first-order chi connectivity index (χ1) is 14.2. The van der Waals surface area contributed by atoms with Gasteiger partial charge < -0.3 is 0 Å². The number of nitrogens with zero attached hydrogens (tertiary/aromatic N) is 4. The molecule has 146 valence electrons. The third-order valence-electron chi connectivity index (χ3n) is 6.06. The number of hydrogen-bond donors (Lipinski definition) is 0. The maximum absolute atomic E-state index is 4.95. The second-order valence-electron chi connectivity index (χ2n) is 8.05. The van der Waals surface area contributed by atoms with Crippen LogP contribution >= 0.6 is 11.3 Å². The van der Waals surface area contributed by atoms with E-state index in [0.717, 1.165) is 22.1 Å². The van der Waals surface area contributed by atoms with E-state index in [-0.39, 0.29) is 0 Å². The van der Waals surface area contributed by atoms with Crippen molar-refractivity contribution < 1.29 is 0 Å². The van der Waals surface area contributed by atoms with Gasteiger partial charge in [-0.2, -0.15) is 5.10 Å². The first kappa shape index (κ1) is 18.3. The SMILES string of the molecule is Cc1ccc(-c2csc(=Nc3cccnc3)n2N=CC2CC3C=CC2C3)cc1C. The van der Waals surface area contributed by atoms with Crippen LogP contribution in [0.3, 0.4) is 0 Å². The Labute approximate surface area is 175 Å². The molecule has 3 aromatic rings. The Kier molecular flexibility index (Phi) is 4.76. The third-order valence-corrected chi connectivity index (χ3v) is 6.88. The van der Waals surface area contributed by atoms with Gasteiger partial charge in [-0.05, 0) is 67.9 Å². The van der Waals surface area contributed by atoms with Crippen LogP contribution in [-0.4, -0.2) is 15.9 Å². The summed E-state index contributed by atoms with van der Waals surface area (Å²) in [6.45, 7) is 4.30. The van der Waals surface area contributed by atoms with Crippen LogP contribution in [0.5, 0.6) is 0 Å². The summed E-state index contributed by atoms with van der Waals surface area (Å²) < 4.78 is 2.00. The molecule has 1 fully saturated rings. The fourth-order valence-corrected chi connectivity index (χ4v) is 5.12. The van der Waals surface area contributed by atoms with Crippen molar-refractivity contribution in [2.45, 2.75) is 26.7 Å². The van der Waals surface area contributed by atoms with Crippen LogP contribution in [-0.2, 0) is 0 Å².